The van der Waals surface area contributed by atoms with E-state index in [1.54, 1.807) is 24.3 Å². The number of carbonyl (C=O) groups is 1. The number of nitrogens with zero attached hydrogens (tertiary/aromatic N) is 1. The number of nitrogens with two attached hydrogens (primary N) is 1. The van der Waals surface area contributed by atoms with E-state index >= 15 is 0 Å². The van der Waals surface area contributed by atoms with Crippen molar-refractivity contribution in [3.05, 3.63) is 29.8 Å². The number of rotatable bonds is 6. The molecule has 0 heterocycles. The maximum atomic E-state index is 11.9. The molecular weight excluding hydrogens is 333 g/mol. The molecule has 0 aromatic heterocycles. The van der Waals surface area contributed by atoms with Crippen LogP contribution in [0.15, 0.2) is 24.3 Å². The standard InChI is InChI=1S/C17H27N3O.2ClH/c1-20(16-6-3-2-4-7-16)13-5-12-19-17(21)14-8-10-15(18)11-9-14;;/h8-11,16H,2-7,12-13,18H2,1H3,(H,19,21);2*1H. The summed E-state index contributed by atoms with van der Waals surface area (Å²) in [4.78, 5) is 14.4. The van der Waals surface area contributed by atoms with Crippen molar-refractivity contribution in [1.82, 2.24) is 10.2 Å². The van der Waals surface area contributed by atoms with Crippen molar-refractivity contribution >= 4 is 36.4 Å². The number of hydrogen-bond acceptors (Lipinski definition) is 3. The fraction of sp³-hybridized carbons (Fsp3) is 0.588. The van der Waals surface area contributed by atoms with E-state index < -0.39 is 0 Å². The first kappa shape index (κ1) is 22.0. The van der Waals surface area contributed by atoms with E-state index in [-0.39, 0.29) is 30.7 Å². The zero-order chi connectivity index (χ0) is 15.1. The first-order chi connectivity index (χ1) is 10.2. The van der Waals surface area contributed by atoms with E-state index in [0.717, 1.165) is 25.6 Å². The van der Waals surface area contributed by atoms with Crippen molar-refractivity contribution in [1.29, 1.82) is 0 Å². The summed E-state index contributed by atoms with van der Waals surface area (Å²) < 4.78 is 0. The second kappa shape index (κ2) is 11.5. The fourth-order valence-electron chi connectivity index (χ4n) is 2.97. The number of hydrogen-bond donors (Lipinski definition) is 2. The molecule has 1 saturated carbocycles. The van der Waals surface area contributed by atoms with Crippen LogP contribution in [0, 0.1) is 0 Å². The minimum Gasteiger partial charge on any atom is -0.399 e. The van der Waals surface area contributed by atoms with Crippen LogP contribution in [0.4, 0.5) is 5.69 Å². The van der Waals surface area contributed by atoms with Crippen LogP contribution in [-0.4, -0.2) is 37.0 Å². The zero-order valence-corrected chi connectivity index (χ0v) is 15.4. The molecule has 0 spiro atoms. The molecule has 0 radical (unpaired) electrons. The molecule has 1 fully saturated rings. The summed E-state index contributed by atoms with van der Waals surface area (Å²) in [6.45, 7) is 1.77. The van der Waals surface area contributed by atoms with Crippen LogP contribution < -0.4 is 11.1 Å². The van der Waals surface area contributed by atoms with Gasteiger partial charge >= 0.3 is 0 Å². The number of amides is 1. The molecule has 3 N–H and O–H groups in total. The Morgan fingerprint density at radius 3 is 2.39 bits per heavy atom. The van der Waals surface area contributed by atoms with Gasteiger partial charge in [-0.3, -0.25) is 4.79 Å². The first-order valence-electron chi connectivity index (χ1n) is 8.01. The lowest BCUT2D eigenvalue weighted by Gasteiger charge is -2.31. The Balaban J connectivity index is 0.00000242. The Morgan fingerprint density at radius 2 is 1.78 bits per heavy atom. The lowest BCUT2D eigenvalue weighted by molar-refractivity contribution is 0.0950. The Kier molecular flexibility index (Phi) is 11.1. The van der Waals surface area contributed by atoms with Crippen LogP contribution in [0.2, 0.25) is 0 Å². The molecule has 1 aliphatic rings. The van der Waals surface area contributed by atoms with Crippen LogP contribution in [0.1, 0.15) is 48.9 Å². The summed E-state index contributed by atoms with van der Waals surface area (Å²) in [5, 5.41) is 2.97. The van der Waals surface area contributed by atoms with Gasteiger partial charge in [0.05, 0.1) is 0 Å². The highest BCUT2D eigenvalue weighted by atomic mass is 35.5. The van der Waals surface area contributed by atoms with Gasteiger partial charge in [-0.25, -0.2) is 0 Å². The number of anilines is 1. The summed E-state index contributed by atoms with van der Waals surface area (Å²) in [6, 6.07) is 7.78. The average Bonchev–Trinajstić information content (AvgIpc) is 2.52. The summed E-state index contributed by atoms with van der Waals surface area (Å²) in [5.41, 5.74) is 6.97. The van der Waals surface area contributed by atoms with E-state index in [0.29, 0.717) is 11.3 Å². The monoisotopic (exact) mass is 361 g/mol. The predicted molar refractivity (Wildman–Crippen MR) is 102 cm³/mol. The van der Waals surface area contributed by atoms with Gasteiger partial charge in [-0.2, -0.15) is 0 Å². The van der Waals surface area contributed by atoms with Crippen LogP contribution in [-0.2, 0) is 0 Å². The van der Waals surface area contributed by atoms with Crippen molar-refractivity contribution in [3.8, 4) is 0 Å². The van der Waals surface area contributed by atoms with Gasteiger partial charge in [-0.1, -0.05) is 19.3 Å². The minimum absolute atomic E-state index is 0. The molecule has 1 aromatic carbocycles. The number of halogens is 2. The molecule has 4 nitrogen and oxygen atoms in total. The topological polar surface area (TPSA) is 58.4 Å². The van der Waals surface area contributed by atoms with Crippen molar-refractivity contribution in [3.63, 3.8) is 0 Å². The Bertz CT molecular complexity index is 448. The maximum absolute atomic E-state index is 11.9. The molecule has 0 saturated heterocycles. The summed E-state index contributed by atoms with van der Waals surface area (Å²) in [7, 11) is 2.21. The average molecular weight is 362 g/mol. The lowest BCUT2D eigenvalue weighted by atomic mass is 9.94. The minimum atomic E-state index is -0.0182. The van der Waals surface area contributed by atoms with E-state index in [9.17, 15) is 4.79 Å². The van der Waals surface area contributed by atoms with Gasteiger partial charge in [0, 0.05) is 23.8 Å². The molecule has 132 valence electrons. The molecule has 0 bridgehead atoms. The molecule has 0 unspecified atom stereocenters. The summed E-state index contributed by atoms with van der Waals surface area (Å²) >= 11 is 0. The van der Waals surface area contributed by atoms with Crippen molar-refractivity contribution < 1.29 is 4.79 Å². The third-order valence-corrected chi connectivity index (χ3v) is 4.34. The van der Waals surface area contributed by atoms with Crippen molar-refractivity contribution in [2.45, 2.75) is 44.6 Å². The largest absolute Gasteiger partial charge is 0.399 e. The van der Waals surface area contributed by atoms with Gasteiger partial charge in [-0.05, 0) is 57.1 Å². The maximum Gasteiger partial charge on any atom is 0.251 e. The van der Waals surface area contributed by atoms with Gasteiger partial charge in [0.2, 0.25) is 0 Å². The highest BCUT2D eigenvalue weighted by Gasteiger charge is 2.17. The fourth-order valence-corrected chi connectivity index (χ4v) is 2.97. The van der Waals surface area contributed by atoms with Crippen molar-refractivity contribution in [2.75, 3.05) is 25.9 Å². The molecule has 0 aliphatic heterocycles. The molecule has 1 amide bonds. The molecule has 23 heavy (non-hydrogen) atoms. The second-order valence-corrected chi connectivity index (χ2v) is 6.00. The van der Waals surface area contributed by atoms with E-state index in [1.165, 1.54) is 32.1 Å². The predicted octanol–water partition coefficient (Wildman–Crippen LogP) is 3.50. The van der Waals surface area contributed by atoms with E-state index in [2.05, 4.69) is 17.3 Å². The van der Waals surface area contributed by atoms with Crippen LogP contribution in [0.3, 0.4) is 0 Å². The van der Waals surface area contributed by atoms with Crippen LogP contribution in [0.5, 0.6) is 0 Å². The highest BCUT2D eigenvalue weighted by molar-refractivity contribution is 5.94. The normalized spacial score (nSPS) is 14.7. The molecule has 2 rings (SSSR count). The smallest absolute Gasteiger partial charge is 0.251 e. The van der Waals surface area contributed by atoms with E-state index in [1.807, 2.05) is 0 Å². The van der Waals surface area contributed by atoms with Crippen LogP contribution >= 0.6 is 24.8 Å². The molecular formula is C17H29Cl2N3O. The van der Waals surface area contributed by atoms with Gasteiger partial charge in [0.1, 0.15) is 0 Å². The zero-order valence-electron chi connectivity index (χ0n) is 13.8. The molecule has 6 heteroatoms. The van der Waals surface area contributed by atoms with Gasteiger partial charge in [-0.15, -0.1) is 24.8 Å². The highest BCUT2D eigenvalue weighted by Crippen LogP contribution is 2.21. The Morgan fingerprint density at radius 1 is 1.17 bits per heavy atom. The summed E-state index contributed by atoms with van der Waals surface area (Å²) in [6.07, 6.45) is 7.77. The third-order valence-electron chi connectivity index (χ3n) is 4.34. The number of carbonyl (C=O) groups excluding carboxylic acids is 1. The Labute approximate surface area is 152 Å². The van der Waals surface area contributed by atoms with Gasteiger partial charge in [0.15, 0.2) is 0 Å². The van der Waals surface area contributed by atoms with Gasteiger partial charge in [0.25, 0.3) is 5.91 Å². The number of nitrogen functional groups attached to an aromatic ring is 1. The Hall–Kier alpha value is -0.970. The number of nitrogens with one attached hydrogen (secondary N) is 1. The number of benzene rings is 1. The quantitative estimate of drug-likeness (QED) is 0.602. The second-order valence-electron chi connectivity index (χ2n) is 6.00. The van der Waals surface area contributed by atoms with E-state index in [4.69, 9.17) is 5.73 Å². The molecule has 1 aliphatic carbocycles. The SMILES string of the molecule is CN(CCCNC(=O)c1ccc(N)cc1)C1CCCCC1.Cl.Cl. The molecule has 0 atom stereocenters. The van der Waals surface area contributed by atoms with Gasteiger partial charge < -0.3 is 16.0 Å². The first-order valence-corrected chi connectivity index (χ1v) is 8.01. The lowest BCUT2D eigenvalue weighted by Crippen LogP contribution is -2.35. The van der Waals surface area contributed by atoms with Crippen molar-refractivity contribution in [2.24, 2.45) is 0 Å². The van der Waals surface area contributed by atoms with Crippen LogP contribution in [0.25, 0.3) is 0 Å². The molecule has 1 aromatic rings. The summed E-state index contributed by atoms with van der Waals surface area (Å²) in [5.74, 6) is -0.0182. The third kappa shape index (κ3) is 7.42.